The molecule has 21 heavy (non-hydrogen) atoms. The van der Waals surface area contributed by atoms with E-state index in [9.17, 15) is 18.0 Å². The zero-order valence-corrected chi connectivity index (χ0v) is 12.4. The van der Waals surface area contributed by atoms with Gasteiger partial charge in [0.05, 0.1) is 16.2 Å². The molecule has 6 nitrogen and oxygen atoms in total. The predicted molar refractivity (Wildman–Crippen MR) is 76.0 cm³/mol. The number of carbonyl (C=O) groups excluding carboxylic acids is 1. The van der Waals surface area contributed by atoms with E-state index in [2.05, 4.69) is 5.32 Å². The second-order valence-corrected chi connectivity index (χ2v) is 7.27. The van der Waals surface area contributed by atoms with Crippen LogP contribution in [0.4, 0.5) is 0 Å². The number of carbonyl (C=O) groups is 2. The van der Waals surface area contributed by atoms with Crippen LogP contribution in [0.5, 0.6) is 0 Å². The van der Waals surface area contributed by atoms with Crippen LogP contribution in [0.1, 0.15) is 35.2 Å². The van der Waals surface area contributed by atoms with Crippen molar-refractivity contribution >= 4 is 21.7 Å². The van der Waals surface area contributed by atoms with Crippen LogP contribution in [0.25, 0.3) is 0 Å². The first-order chi connectivity index (χ1) is 9.79. The van der Waals surface area contributed by atoms with Gasteiger partial charge in [0.25, 0.3) is 0 Å². The van der Waals surface area contributed by atoms with Crippen molar-refractivity contribution in [3.63, 3.8) is 0 Å². The number of hydrogen-bond acceptors (Lipinski definition) is 4. The van der Waals surface area contributed by atoms with E-state index in [-0.39, 0.29) is 34.6 Å². The molecule has 1 aromatic carbocycles. The molecule has 0 radical (unpaired) electrons. The molecule has 1 aliphatic carbocycles. The van der Waals surface area contributed by atoms with Crippen molar-refractivity contribution in [2.75, 3.05) is 5.75 Å². The Hall–Kier alpha value is -1.89. The first-order valence-electron chi connectivity index (χ1n) is 6.65. The van der Waals surface area contributed by atoms with Gasteiger partial charge in [-0.3, -0.25) is 4.79 Å². The highest BCUT2D eigenvalue weighted by Crippen LogP contribution is 2.21. The van der Waals surface area contributed by atoms with Gasteiger partial charge in [-0.2, -0.15) is 0 Å². The smallest absolute Gasteiger partial charge is 0.335 e. The highest BCUT2D eigenvalue weighted by molar-refractivity contribution is 7.91. The van der Waals surface area contributed by atoms with Crippen LogP contribution in [0, 0.1) is 6.92 Å². The minimum absolute atomic E-state index is 0.0263. The highest BCUT2D eigenvalue weighted by atomic mass is 32.2. The van der Waals surface area contributed by atoms with E-state index in [1.54, 1.807) is 6.92 Å². The molecule has 1 aliphatic rings. The Balaban J connectivity index is 2.12. The zero-order valence-electron chi connectivity index (χ0n) is 11.6. The summed E-state index contributed by atoms with van der Waals surface area (Å²) in [6, 6.07) is 4.15. The third-order valence-corrected chi connectivity index (χ3v) is 5.16. The van der Waals surface area contributed by atoms with Gasteiger partial charge < -0.3 is 10.4 Å². The molecular formula is C14H17NO5S. The average Bonchev–Trinajstić information content (AvgIpc) is 3.20. The lowest BCUT2D eigenvalue weighted by Gasteiger charge is -2.09. The Bertz CT molecular complexity index is 677. The molecule has 0 unspecified atom stereocenters. The quantitative estimate of drug-likeness (QED) is 0.820. The van der Waals surface area contributed by atoms with E-state index in [0.29, 0.717) is 5.56 Å². The molecule has 0 saturated heterocycles. The predicted octanol–water partition coefficient (Wildman–Crippen LogP) is 1.14. The second-order valence-electron chi connectivity index (χ2n) is 5.20. The second kappa shape index (κ2) is 5.85. The van der Waals surface area contributed by atoms with Gasteiger partial charge in [0, 0.05) is 12.5 Å². The summed E-state index contributed by atoms with van der Waals surface area (Å²) in [5.41, 5.74) is 0.393. The number of sulfone groups is 1. The summed E-state index contributed by atoms with van der Waals surface area (Å²) in [6.07, 6.45) is 1.77. The summed E-state index contributed by atoms with van der Waals surface area (Å²) in [4.78, 5) is 22.5. The lowest BCUT2D eigenvalue weighted by atomic mass is 10.1. The zero-order chi connectivity index (χ0) is 15.6. The Morgan fingerprint density at radius 2 is 2.00 bits per heavy atom. The monoisotopic (exact) mass is 311 g/mol. The van der Waals surface area contributed by atoms with Gasteiger partial charge >= 0.3 is 5.97 Å². The molecule has 114 valence electrons. The summed E-state index contributed by atoms with van der Waals surface area (Å²) >= 11 is 0. The molecular weight excluding hydrogens is 294 g/mol. The van der Waals surface area contributed by atoms with Gasteiger partial charge in [0.15, 0.2) is 9.84 Å². The Kier molecular flexibility index (Phi) is 4.32. The average molecular weight is 311 g/mol. The molecule has 0 aromatic heterocycles. The maximum absolute atomic E-state index is 12.3. The number of carboxylic acids is 1. The molecule has 0 spiro atoms. The van der Waals surface area contributed by atoms with Gasteiger partial charge in [-0.1, -0.05) is 6.07 Å². The van der Waals surface area contributed by atoms with Crippen molar-refractivity contribution < 1.29 is 23.1 Å². The maximum atomic E-state index is 12.3. The summed E-state index contributed by atoms with van der Waals surface area (Å²) in [6.45, 7) is 1.60. The van der Waals surface area contributed by atoms with Gasteiger partial charge in [-0.25, -0.2) is 13.2 Å². The number of benzene rings is 1. The van der Waals surface area contributed by atoms with E-state index in [1.165, 1.54) is 12.1 Å². The molecule has 1 amide bonds. The number of aromatic carboxylic acids is 1. The molecule has 1 fully saturated rings. The number of rotatable bonds is 6. The Labute approximate surface area is 123 Å². The summed E-state index contributed by atoms with van der Waals surface area (Å²) in [5.74, 6) is -1.79. The van der Waals surface area contributed by atoms with E-state index >= 15 is 0 Å². The number of carboxylic acid groups (broad SMARTS) is 1. The van der Waals surface area contributed by atoms with Crippen LogP contribution in [-0.4, -0.2) is 37.2 Å². The molecule has 2 N–H and O–H groups in total. The summed E-state index contributed by atoms with van der Waals surface area (Å²) in [7, 11) is -3.68. The lowest BCUT2D eigenvalue weighted by molar-refractivity contribution is -0.120. The van der Waals surface area contributed by atoms with Gasteiger partial charge in [0.2, 0.25) is 5.91 Å². The van der Waals surface area contributed by atoms with Crippen molar-refractivity contribution in [1.29, 1.82) is 0 Å². The van der Waals surface area contributed by atoms with Crippen LogP contribution in [0.2, 0.25) is 0 Å². The molecule has 0 bridgehead atoms. The van der Waals surface area contributed by atoms with Crippen molar-refractivity contribution in [2.24, 2.45) is 0 Å². The third-order valence-electron chi connectivity index (χ3n) is 3.31. The standard InChI is InChI=1S/C14H17NO5S/c1-9-2-3-10(14(17)18)8-12(9)21(19,20)7-6-13(16)15-11-4-5-11/h2-3,8,11H,4-7H2,1H3,(H,15,16)(H,17,18). The van der Waals surface area contributed by atoms with Crippen LogP contribution < -0.4 is 5.32 Å². The normalized spacial score (nSPS) is 14.7. The fourth-order valence-electron chi connectivity index (χ4n) is 1.93. The van der Waals surface area contributed by atoms with Crippen LogP contribution in [-0.2, 0) is 14.6 Å². The number of nitrogens with one attached hydrogen (secondary N) is 1. The number of aryl methyl sites for hydroxylation is 1. The molecule has 0 heterocycles. The molecule has 2 rings (SSSR count). The first kappa shape index (κ1) is 15.5. The van der Waals surface area contributed by atoms with Crippen molar-refractivity contribution in [1.82, 2.24) is 5.32 Å². The number of amides is 1. The molecule has 0 atom stereocenters. The van der Waals surface area contributed by atoms with E-state index < -0.39 is 15.8 Å². The van der Waals surface area contributed by atoms with Gasteiger partial charge in [-0.15, -0.1) is 0 Å². The summed E-state index contributed by atoms with van der Waals surface area (Å²) < 4.78 is 24.5. The van der Waals surface area contributed by atoms with Crippen LogP contribution >= 0.6 is 0 Å². The van der Waals surface area contributed by atoms with E-state index in [0.717, 1.165) is 18.9 Å². The fourth-order valence-corrected chi connectivity index (χ4v) is 3.47. The van der Waals surface area contributed by atoms with Crippen LogP contribution in [0.3, 0.4) is 0 Å². The largest absolute Gasteiger partial charge is 0.478 e. The molecule has 1 saturated carbocycles. The topological polar surface area (TPSA) is 101 Å². The SMILES string of the molecule is Cc1ccc(C(=O)O)cc1S(=O)(=O)CCC(=O)NC1CC1. The molecule has 0 aliphatic heterocycles. The fraction of sp³-hybridized carbons (Fsp3) is 0.429. The maximum Gasteiger partial charge on any atom is 0.335 e. The van der Waals surface area contributed by atoms with E-state index in [4.69, 9.17) is 5.11 Å². The minimum atomic E-state index is -3.68. The van der Waals surface area contributed by atoms with Crippen molar-refractivity contribution in [2.45, 2.75) is 37.1 Å². The molecule has 1 aromatic rings. The van der Waals surface area contributed by atoms with Crippen molar-refractivity contribution in [3.8, 4) is 0 Å². The van der Waals surface area contributed by atoms with Gasteiger partial charge in [-0.05, 0) is 37.5 Å². The Morgan fingerprint density at radius 1 is 1.33 bits per heavy atom. The highest BCUT2D eigenvalue weighted by Gasteiger charge is 2.25. The third kappa shape index (κ3) is 4.04. The first-order valence-corrected chi connectivity index (χ1v) is 8.31. The minimum Gasteiger partial charge on any atom is -0.478 e. The lowest BCUT2D eigenvalue weighted by Crippen LogP contribution is -2.27. The molecule has 7 heteroatoms. The van der Waals surface area contributed by atoms with E-state index in [1.807, 2.05) is 0 Å². The van der Waals surface area contributed by atoms with Crippen molar-refractivity contribution in [3.05, 3.63) is 29.3 Å². The summed E-state index contributed by atoms with van der Waals surface area (Å²) in [5, 5.41) is 11.7. The number of hydrogen-bond donors (Lipinski definition) is 2. The van der Waals surface area contributed by atoms with Crippen LogP contribution in [0.15, 0.2) is 23.1 Å². The van der Waals surface area contributed by atoms with Gasteiger partial charge in [0.1, 0.15) is 0 Å². The Morgan fingerprint density at radius 3 is 2.57 bits per heavy atom.